The van der Waals surface area contributed by atoms with Crippen molar-refractivity contribution in [1.82, 2.24) is 15.3 Å². The largest absolute Gasteiger partial charge is 0.433 e. The van der Waals surface area contributed by atoms with Gasteiger partial charge in [0.2, 0.25) is 11.8 Å². The number of fused-ring (bicyclic) bond motifs is 1. The molecule has 1 aromatic carbocycles. The minimum Gasteiger partial charge on any atom is -0.356 e. The smallest absolute Gasteiger partial charge is 0.356 e. The second-order valence-electron chi connectivity index (χ2n) is 9.18. The number of carbonyl (C=O) groups excluding carboxylic acids is 2. The third kappa shape index (κ3) is 5.77. The fraction of sp³-hybridized carbons (Fsp3) is 0.440. The molecule has 11 heteroatoms. The molecule has 0 radical (unpaired) electrons. The van der Waals surface area contributed by atoms with E-state index in [4.69, 9.17) is 0 Å². The van der Waals surface area contributed by atoms with Crippen LogP contribution in [-0.4, -0.2) is 34.9 Å². The first-order chi connectivity index (χ1) is 17.0. The summed E-state index contributed by atoms with van der Waals surface area (Å²) in [7, 11) is 0. The highest BCUT2D eigenvalue weighted by Gasteiger charge is 2.34. The molecule has 0 saturated carbocycles. The van der Waals surface area contributed by atoms with Crippen LogP contribution in [-0.2, 0) is 22.3 Å². The Kier molecular flexibility index (Phi) is 7.49. The lowest BCUT2D eigenvalue weighted by Gasteiger charge is -2.33. The Labute approximate surface area is 211 Å². The highest BCUT2D eigenvalue weighted by Crippen LogP contribution is 2.33. The summed E-state index contributed by atoms with van der Waals surface area (Å²) in [6, 6.07) is 7.86. The van der Waals surface area contributed by atoms with E-state index in [1.807, 2.05) is 23.1 Å². The van der Waals surface area contributed by atoms with Crippen LogP contribution in [0.25, 0.3) is 10.2 Å². The molecule has 2 amide bonds. The number of piperidine rings is 1. The summed E-state index contributed by atoms with van der Waals surface area (Å²) in [5, 5.41) is 5.99. The number of rotatable bonds is 6. The van der Waals surface area contributed by atoms with Crippen molar-refractivity contribution in [1.29, 1.82) is 0 Å². The molecule has 1 aliphatic rings. The van der Waals surface area contributed by atoms with Crippen LogP contribution in [0.4, 0.5) is 24.1 Å². The number of para-hydroxylation sites is 1. The zero-order valence-corrected chi connectivity index (χ0v) is 21.1. The fourth-order valence-corrected chi connectivity index (χ4v) is 5.21. The summed E-state index contributed by atoms with van der Waals surface area (Å²) in [6.07, 6.45) is -2.80. The molecule has 7 nitrogen and oxygen atoms in total. The summed E-state index contributed by atoms with van der Waals surface area (Å²) < 4.78 is 40.9. The highest BCUT2D eigenvalue weighted by molar-refractivity contribution is 7.22. The van der Waals surface area contributed by atoms with Gasteiger partial charge in [0, 0.05) is 32.1 Å². The van der Waals surface area contributed by atoms with Crippen molar-refractivity contribution in [3.8, 4) is 0 Å². The quantitative estimate of drug-likeness (QED) is 0.460. The molecule has 4 rings (SSSR count). The SMILES string of the molecule is CC(=O)Nc1nc2c(C(C)C(=O)NCc3ccc(C(F)(F)F)nc3N3CCC(C)CC3)cccc2s1. The van der Waals surface area contributed by atoms with Crippen LogP contribution in [0.1, 0.15) is 56.4 Å². The molecule has 0 spiro atoms. The van der Waals surface area contributed by atoms with Gasteiger partial charge in [-0.3, -0.25) is 9.59 Å². The van der Waals surface area contributed by atoms with Crippen molar-refractivity contribution in [2.75, 3.05) is 23.3 Å². The number of anilines is 2. The number of amides is 2. The maximum absolute atomic E-state index is 13.4. The van der Waals surface area contributed by atoms with E-state index in [9.17, 15) is 22.8 Å². The maximum Gasteiger partial charge on any atom is 0.433 e. The third-order valence-corrected chi connectivity index (χ3v) is 7.31. The van der Waals surface area contributed by atoms with E-state index in [0.717, 1.165) is 23.6 Å². The Morgan fingerprint density at radius 1 is 1.17 bits per heavy atom. The molecule has 0 bridgehead atoms. The lowest BCUT2D eigenvalue weighted by atomic mass is 9.98. The van der Waals surface area contributed by atoms with E-state index < -0.39 is 17.8 Å². The Hall–Kier alpha value is -3.21. The minimum atomic E-state index is -4.55. The minimum absolute atomic E-state index is 0.0554. The molecule has 2 N–H and O–H groups in total. The summed E-state index contributed by atoms with van der Waals surface area (Å²) in [6.45, 7) is 6.57. The van der Waals surface area contributed by atoms with Crippen LogP contribution in [0.3, 0.4) is 0 Å². The van der Waals surface area contributed by atoms with Gasteiger partial charge in [0.05, 0.1) is 16.1 Å². The van der Waals surface area contributed by atoms with Gasteiger partial charge >= 0.3 is 6.18 Å². The molecule has 36 heavy (non-hydrogen) atoms. The van der Waals surface area contributed by atoms with E-state index in [0.29, 0.717) is 40.8 Å². The number of carbonyl (C=O) groups is 2. The summed E-state index contributed by atoms with van der Waals surface area (Å²) >= 11 is 1.32. The van der Waals surface area contributed by atoms with Crippen LogP contribution in [0.5, 0.6) is 0 Å². The number of benzene rings is 1. The molecular formula is C25H28F3N5O2S. The Morgan fingerprint density at radius 3 is 2.56 bits per heavy atom. The van der Waals surface area contributed by atoms with Crippen LogP contribution < -0.4 is 15.5 Å². The number of hydrogen-bond acceptors (Lipinski definition) is 6. The number of thiazole rings is 1. The van der Waals surface area contributed by atoms with Gasteiger partial charge in [0.1, 0.15) is 11.5 Å². The molecule has 3 heterocycles. The molecular weight excluding hydrogens is 491 g/mol. The first-order valence-electron chi connectivity index (χ1n) is 11.8. The van der Waals surface area contributed by atoms with Gasteiger partial charge in [-0.1, -0.05) is 36.5 Å². The van der Waals surface area contributed by atoms with Crippen molar-refractivity contribution in [3.05, 3.63) is 47.2 Å². The lowest BCUT2D eigenvalue weighted by Crippen LogP contribution is -2.35. The monoisotopic (exact) mass is 519 g/mol. The molecule has 1 saturated heterocycles. The molecule has 0 aliphatic carbocycles. The average Bonchev–Trinajstić information content (AvgIpc) is 3.23. The zero-order chi connectivity index (χ0) is 26.0. The van der Waals surface area contributed by atoms with Crippen molar-refractivity contribution < 1.29 is 22.8 Å². The molecule has 1 aliphatic heterocycles. The molecule has 2 aromatic heterocycles. The fourth-order valence-electron chi connectivity index (χ4n) is 4.27. The van der Waals surface area contributed by atoms with Gasteiger partial charge in [-0.05, 0) is 43.4 Å². The number of halogens is 3. The number of hydrogen-bond donors (Lipinski definition) is 2. The Bertz CT molecular complexity index is 1270. The van der Waals surface area contributed by atoms with Gasteiger partial charge in [-0.15, -0.1) is 0 Å². The second kappa shape index (κ2) is 10.4. The van der Waals surface area contributed by atoms with Gasteiger partial charge < -0.3 is 15.5 Å². The maximum atomic E-state index is 13.4. The topological polar surface area (TPSA) is 87.2 Å². The zero-order valence-electron chi connectivity index (χ0n) is 20.3. The van der Waals surface area contributed by atoms with Crippen LogP contribution in [0.2, 0.25) is 0 Å². The number of alkyl halides is 3. The standard InChI is InChI=1S/C25H28F3N5O2S/c1-14-9-11-33(12-10-14)22-17(7-8-20(31-22)25(26,27)28)13-29-23(35)15(2)18-5-4-6-19-21(18)32-24(36-19)30-16(3)34/h4-8,14-15H,9-13H2,1-3H3,(H,29,35)(H,30,32,34). The lowest BCUT2D eigenvalue weighted by molar-refractivity contribution is -0.141. The third-order valence-electron chi connectivity index (χ3n) is 6.38. The van der Waals surface area contributed by atoms with E-state index in [-0.39, 0.29) is 24.2 Å². The van der Waals surface area contributed by atoms with E-state index >= 15 is 0 Å². The molecule has 1 fully saturated rings. The first-order valence-corrected chi connectivity index (χ1v) is 12.6. The van der Waals surface area contributed by atoms with Crippen molar-refractivity contribution in [2.24, 2.45) is 5.92 Å². The van der Waals surface area contributed by atoms with Gasteiger partial charge in [-0.25, -0.2) is 9.97 Å². The number of aromatic nitrogens is 2. The second-order valence-corrected chi connectivity index (χ2v) is 10.2. The van der Waals surface area contributed by atoms with E-state index in [1.165, 1.54) is 24.3 Å². The van der Waals surface area contributed by atoms with Gasteiger partial charge in [0.25, 0.3) is 0 Å². The van der Waals surface area contributed by atoms with E-state index in [2.05, 4.69) is 27.5 Å². The number of nitrogens with one attached hydrogen (secondary N) is 2. The first kappa shape index (κ1) is 25.9. The van der Waals surface area contributed by atoms with Crippen molar-refractivity contribution in [3.63, 3.8) is 0 Å². The average molecular weight is 520 g/mol. The van der Waals surface area contributed by atoms with Crippen LogP contribution in [0, 0.1) is 5.92 Å². The summed E-state index contributed by atoms with van der Waals surface area (Å²) in [5.74, 6) is -0.301. The van der Waals surface area contributed by atoms with Crippen LogP contribution >= 0.6 is 11.3 Å². The van der Waals surface area contributed by atoms with Crippen LogP contribution in [0.15, 0.2) is 30.3 Å². The van der Waals surface area contributed by atoms with Gasteiger partial charge in [0.15, 0.2) is 5.13 Å². The Morgan fingerprint density at radius 2 is 1.89 bits per heavy atom. The molecule has 1 unspecified atom stereocenters. The molecule has 192 valence electrons. The van der Waals surface area contributed by atoms with E-state index in [1.54, 1.807) is 6.92 Å². The van der Waals surface area contributed by atoms with Gasteiger partial charge in [-0.2, -0.15) is 13.2 Å². The molecule has 3 aromatic rings. The normalized spacial score (nSPS) is 15.7. The van der Waals surface area contributed by atoms with Crippen molar-refractivity contribution >= 4 is 44.3 Å². The summed E-state index contributed by atoms with van der Waals surface area (Å²) in [5.41, 5.74) is 0.935. The molecule has 1 atom stereocenters. The predicted octanol–water partition coefficient (Wildman–Crippen LogP) is 5.32. The number of nitrogens with zero attached hydrogens (tertiary/aromatic N) is 3. The summed E-state index contributed by atoms with van der Waals surface area (Å²) in [4.78, 5) is 34.8. The highest BCUT2D eigenvalue weighted by atomic mass is 32.1. The predicted molar refractivity (Wildman–Crippen MR) is 134 cm³/mol. The number of pyridine rings is 1. The van der Waals surface area contributed by atoms with Crippen molar-refractivity contribution in [2.45, 2.75) is 52.3 Å². The Balaban J connectivity index is 1.54.